The van der Waals surface area contributed by atoms with E-state index in [9.17, 15) is 14.4 Å². The molecule has 0 fully saturated rings. The molecule has 7 nitrogen and oxygen atoms in total. The van der Waals surface area contributed by atoms with Gasteiger partial charge in [0, 0.05) is 12.2 Å². The summed E-state index contributed by atoms with van der Waals surface area (Å²) in [6, 6.07) is 19.2. The Bertz CT molecular complexity index is 1010. The number of amides is 2. The van der Waals surface area contributed by atoms with Crippen LogP contribution in [-0.2, 0) is 9.53 Å². The van der Waals surface area contributed by atoms with Gasteiger partial charge in [-0.1, -0.05) is 37.3 Å². The molecule has 0 spiro atoms. The highest BCUT2D eigenvalue weighted by Crippen LogP contribution is 2.15. The first-order valence-corrected chi connectivity index (χ1v) is 9.92. The zero-order valence-electron chi connectivity index (χ0n) is 17.3. The minimum atomic E-state index is -0.936. The molecule has 0 unspecified atom stereocenters. The van der Waals surface area contributed by atoms with Gasteiger partial charge >= 0.3 is 5.97 Å². The summed E-state index contributed by atoms with van der Waals surface area (Å²) < 4.78 is 10.3. The van der Waals surface area contributed by atoms with E-state index in [1.807, 2.05) is 37.3 Å². The Morgan fingerprint density at radius 1 is 0.935 bits per heavy atom. The third kappa shape index (κ3) is 6.05. The van der Waals surface area contributed by atoms with Gasteiger partial charge in [0.1, 0.15) is 0 Å². The Morgan fingerprint density at radius 3 is 2.29 bits per heavy atom. The van der Waals surface area contributed by atoms with E-state index >= 15 is 0 Å². The van der Waals surface area contributed by atoms with Crippen molar-refractivity contribution in [3.8, 4) is 0 Å². The Labute approximate surface area is 180 Å². The molecule has 3 aromatic rings. The molecule has 0 bridgehead atoms. The summed E-state index contributed by atoms with van der Waals surface area (Å²) in [7, 11) is 0. The van der Waals surface area contributed by atoms with Crippen LogP contribution in [-0.4, -0.2) is 30.4 Å². The molecule has 0 aliphatic rings. The van der Waals surface area contributed by atoms with Crippen LogP contribution in [0.2, 0.25) is 0 Å². The zero-order chi connectivity index (χ0) is 22.2. The van der Waals surface area contributed by atoms with E-state index in [0.29, 0.717) is 12.2 Å². The second kappa shape index (κ2) is 10.2. The Balaban J connectivity index is 1.48. The van der Waals surface area contributed by atoms with Gasteiger partial charge in [-0.25, -0.2) is 4.79 Å². The number of hydrogen-bond acceptors (Lipinski definition) is 5. The lowest BCUT2D eigenvalue weighted by molar-refractivity contribution is -0.129. The molecule has 31 heavy (non-hydrogen) atoms. The summed E-state index contributed by atoms with van der Waals surface area (Å²) >= 11 is 0. The minimum Gasteiger partial charge on any atom is -0.459 e. The van der Waals surface area contributed by atoms with Crippen molar-refractivity contribution in [3.05, 3.63) is 89.9 Å². The summed E-state index contributed by atoms with van der Waals surface area (Å²) in [6.45, 7) is 3.98. The van der Waals surface area contributed by atoms with E-state index in [0.717, 1.165) is 5.56 Å². The third-order valence-corrected chi connectivity index (χ3v) is 4.73. The predicted molar refractivity (Wildman–Crippen MR) is 116 cm³/mol. The van der Waals surface area contributed by atoms with Crippen molar-refractivity contribution in [2.75, 3.05) is 11.9 Å². The maximum absolute atomic E-state index is 12.3. The Morgan fingerprint density at radius 2 is 1.65 bits per heavy atom. The quantitative estimate of drug-likeness (QED) is 0.537. The van der Waals surface area contributed by atoms with Gasteiger partial charge in [0.25, 0.3) is 11.8 Å². The van der Waals surface area contributed by atoms with Crippen LogP contribution < -0.4 is 10.6 Å². The summed E-state index contributed by atoms with van der Waals surface area (Å²) in [5, 5.41) is 5.47. The van der Waals surface area contributed by atoms with Crippen molar-refractivity contribution in [3.63, 3.8) is 0 Å². The van der Waals surface area contributed by atoms with E-state index in [1.54, 1.807) is 24.3 Å². The first-order valence-electron chi connectivity index (χ1n) is 9.92. The topological polar surface area (TPSA) is 97.6 Å². The highest BCUT2D eigenvalue weighted by atomic mass is 16.5. The van der Waals surface area contributed by atoms with E-state index in [4.69, 9.17) is 9.15 Å². The fourth-order valence-electron chi connectivity index (χ4n) is 2.87. The van der Waals surface area contributed by atoms with E-state index in [1.165, 1.54) is 25.3 Å². The van der Waals surface area contributed by atoms with Crippen LogP contribution >= 0.6 is 0 Å². The zero-order valence-corrected chi connectivity index (χ0v) is 17.3. The molecule has 2 aromatic carbocycles. The summed E-state index contributed by atoms with van der Waals surface area (Å²) in [5.41, 5.74) is 1.89. The smallest absolute Gasteiger partial charge is 0.338 e. The van der Waals surface area contributed by atoms with E-state index < -0.39 is 18.0 Å². The molecule has 0 radical (unpaired) electrons. The van der Waals surface area contributed by atoms with Crippen molar-refractivity contribution in [1.29, 1.82) is 0 Å². The Kier molecular flexibility index (Phi) is 7.22. The van der Waals surface area contributed by atoms with Crippen LogP contribution in [0.25, 0.3) is 0 Å². The van der Waals surface area contributed by atoms with Crippen molar-refractivity contribution in [2.45, 2.75) is 25.9 Å². The number of ether oxygens (including phenoxy) is 1. The molecule has 0 saturated heterocycles. The molecule has 1 heterocycles. The van der Waals surface area contributed by atoms with Gasteiger partial charge in [0.15, 0.2) is 11.9 Å². The lowest BCUT2D eigenvalue weighted by atomic mass is 10.0. The molecule has 7 heteroatoms. The van der Waals surface area contributed by atoms with Crippen LogP contribution in [0.15, 0.2) is 77.4 Å². The number of carbonyl (C=O) groups excluding carboxylic acids is 3. The number of benzene rings is 2. The van der Waals surface area contributed by atoms with Gasteiger partial charge < -0.3 is 19.8 Å². The van der Waals surface area contributed by atoms with Crippen LogP contribution in [0.3, 0.4) is 0 Å². The van der Waals surface area contributed by atoms with Crippen LogP contribution in [0.4, 0.5) is 5.69 Å². The molecule has 160 valence electrons. The monoisotopic (exact) mass is 420 g/mol. The number of nitrogens with one attached hydrogen (secondary N) is 2. The fraction of sp³-hybridized carbons (Fsp3) is 0.208. The summed E-state index contributed by atoms with van der Waals surface area (Å²) in [5.74, 6) is -1.06. The average molecular weight is 420 g/mol. The lowest BCUT2D eigenvalue weighted by Gasteiger charge is -2.17. The second-order valence-electron chi connectivity index (χ2n) is 7.11. The maximum Gasteiger partial charge on any atom is 0.338 e. The third-order valence-electron chi connectivity index (χ3n) is 4.73. The average Bonchev–Trinajstić information content (AvgIpc) is 3.33. The minimum absolute atomic E-state index is 0.136. The van der Waals surface area contributed by atoms with Gasteiger partial charge in [-0.3, -0.25) is 9.59 Å². The number of esters is 1. The van der Waals surface area contributed by atoms with Gasteiger partial charge in [-0.15, -0.1) is 0 Å². The fourth-order valence-corrected chi connectivity index (χ4v) is 2.87. The number of anilines is 1. The summed E-state index contributed by atoms with van der Waals surface area (Å²) in [6.07, 6.45) is 0.474. The lowest BCUT2D eigenvalue weighted by Crippen LogP contribution is -2.37. The normalized spacial score (nSPS) is 12.5. The standard InChI is InChI=1S/C24H24N2O5/c1-16(18-7-4-3-5-8-18)15-25-22(27)17(2)31-24(29)19-10-12-20(13-11-19)26-23(28)21-9-6-14-30-21/h3-14,16-17H,15H2,1-2H3,(H,25,27)(H,26,28)/t16-,17+/m1/s1. The van der Waals surface area contributed by atoms with Crippen molar-refractivity contribution < 1.29 is 23.5 Å². The van der Waals surface area contributed by atoms with E-state index in [2.05, 4.69) is 10.6 Å². The molecule has 2 amide bonds. The molecule has 0 aliphatic carbocycles. The number of furan rings is 1. The van der Waals surface area contributed by atoms with Crippen molar-refractivity contribution in [2.24, 2.45) is 0 Å². The first kappa shape index (κ1) is 21.8. The first-order chi connectivity index (χ1) is 14.9. The van der Waals surface area contributed by atoms with Crippen molar-refractivity contribution in [1.82, 2.24) is 5.32 Å². The highest BCUT2D eigenvalue weighted by molar-refractivity contribution is 6.02. The second-order valence-corrected chi connectivity index (χ2v) is 7.11. The van der Waals surface area contributed by atoms with Gasteiger partial charge in [-0.05, 0) is 54.8 Å². The Hall–Kier alpha value is -3.87. The molecule has 2 atom stereocenters. The largest absolute Gasteiger partial charge is 0.459 e. The SMILES string of the molecule is C[C@H](OC(=O)c1ccc(NC(=O)c2ccco2)cc1)C(=O)NC[C@@H](C)c1ccccc1. The van der Waals surface area contributed by atoms with Crippen molar-refractivity contribution >= 4 is 23.5 Å². The molecule has 1 aromatic heterocycles. The van der Waals surface area contributed by atoms with Gasteiger partial charge in [0.05, 0.1) is 11.8 Å². The van der Waals surface area contributed by atoms with Gasteiger partial charge in [0.2, 0.25) is 0 Å². The number of carbonyl (C=O) groups is 3. The van der Waals surface area contributed by atoms with Crippen LogP contribution in [0.5, 0.6) is 0 Å². The highest BCUT2D eigenvalue weighted by Gasteiger charge is 2.19. The molecule has 3 rings (SSSR count). The summed E-state index contributed by atoms with van der Waals surface area (Å²) in [4.78, 5) is 36.6. The maximum atomic E-state index is 12.3. The molecular formula is C24H24N2O5. The van der Waals surface area contributed by atoms with Gasteiger partial charge in [-0.2, -0.15) is 0 Å². The van der Waals surface area contributed by atoms with Crippen LogP contribution in [0, 0.1) is 0 Å². The predicted octanol–water partition coefficient (Wildman–Crippen LogP) is 4.00. The van der Waals surface area contributed by atoms with E-state index in [-0.39, 0.29) is 23.1 Å². The van der Waals surface area contributed by atoms with Crippen LogP contribution in [0.1, 0.15) is 46.2 Å². The molecular weight excluding hydrogens is 396 g/mol. The number of hydrogen-bond donors (Lipinski definition) is 2. The molecule has 2 N–H and O–H groups in total. The molecule has 0 aliphatic heterocycles. The molecule has 0 saturated carbocycles. The number of rotatable bonds is 8.